The van der Waals surface area contributed by atoms with Crippen molar-refractivity contribution in [3.05, 3.63) is 33.9 Å². The fraction of sp³-hybridized carbons (Fsp3) is 0.625. The topological polar surface area (TPSA) is 58.4 Å². The van der Waals surface area contributed by atoms with Gasteiger partial charge in [0.25, 0.3) is 5.69 Å². The predicted molar refractivity (Wildman–Crippen MR) is 85.5 cm³/mol. The number of rotatable bonds is 8. The van der Waals surface area contributed by atoms with Crippen molar-refractivity contribution in [2.24, 2.45) is 5.92 Å². The van der Waals surface area contributed by atoms with Gasteiger partial charge in [0, 0.05) is 31.7 Å². The van der Waals surface area contributed by atoms with Crippen molar-refractivity contribution in [2.75, 3.05) is 18.4 Å². The van der Waals surface area contributed by atoms with E-state index in [-0.39, 0.29) is 10.6 Å². The van der Waals surface area contributed by atoms with Gasteiger partial charge in [-0.2, -0.15) is 0 Å². The van der Waals surface area contributed by atoms with Gasteiger partial charge in [0.2, 0.25) is 0 Å². The summed E-state index contributed by atoms with van der Waals surface area (Å²) in [5.41, 5.74) is 1.86. The molecule has 116 valence electrons. The fourth-order valence-electron chi connectivity index (χ4n) is 2.56. The average Bonchev–Trinajstić information content (AvgIpc) is 3.23. The van der Waals surface area contributed by atoms with Gasteiger partial charge in [-0.1, -0.05) is 12.1 Å². The molecule has 0 bridgehead atoms. The van der Waals surface area contributed by atoms with Gasteiger partial charge >= 0.3 is 0 Å². The van der Waals surface area contributed by atoms with Crippen LogP contribution < -0.4 is 5.32 Å². The smallest absolute Gasteiger partial charge is 0.292 e. The summed E-state index contributed by atoms with van der Waals surface area (Å²) >= 11 is 0. The molecule has 0 unspecified atom stereocenters. The van der Waals surface area contributed by atoms with Crippen LogP contribution in [0.1, 0.15) is 39.2 Å². The van der Waals surface area contributed by atoms with E-state index in [1.54, 1.807) is 12.1 Å². The normalized spacial score (nSPS) is 14.7. The van der Waals surface area contributed by atoms with E-state index < -0.39 is 0 Å². The van der Waals surface area contributed by atoms with Gasteiger partial charge in [-0.15, -0.1) is 0 Å². The Hall–Kier alpha value is -1.62. The quantitative estimate of drug-likeness (QED) is 0.586. The van der Waals surface area contributed by atoms with Crippen molar-refractivity contribution in [1.29, 1.82) is 0 Å². The maximum atomic E-state index is 11.2. The van der Waals surface area contributed by atoms with Gasteiger partial charge in [0.1, 0.15) is 5.69 Å². The first-order valence-corrected chi connectivity index (χ1v) is 7.77. The summed E-state index contributed by atoms with van der Waals surface area (Å²) < 4.78 is 0. The molecule has 0 heterocycles. The number of benzene rings is 1. The van der Waals surface area contributed by atoms with Crippen LogP contribution in [0.5, 0.6) is 0 Å². The SMILES string of the molecule is CCNc1c(CN(CC2CC2)C(C)C)cccc1[N+](=O)[O-]. The van der Waals surface area contributed by atoms with Crippen LogP contribution in [0.4, 0.5) is 11.4 Å². The lowest BCUT2D eigenvalue weighted by Crippen LogP contribution is -2.32. The fourth-order valence-corrected chi connectivity index (χ4v) is 2.56. The van der Waals surface area contributed by atoms with Crippen LogP contribution in [-0.2, 0) is 6.54 Å². The molecule has 0 spiro atoms. The number of hydrogen-bond donors (Lipinski definition) is 1. The minimum Gasteiger partial charge on any atom is -0.380 e. The highest BCUT2D eigenvalue weighted by Gasteiger charge is 2.26. The van der Waals surface area contributed by atoms with Gasteiger partial charge in [0.05, 0.1) is 4.92 Å². The molecule has 1 fully saturated rings. The van der Waals surface area contributed by atoms with Crippen LogP contribution in [0.2, 0.25) is 0 Å². The molecule has 0 aliphatic heterocycles. The van der Waals surface area contributed by atoms with Crippen molar-refractivity contribution in [3.63, 3.8) is 0 Å². The molecule has 0 radical (unpaired) electrons. The molecule has 5 heteroatoms. The van der Waals surface area contributed by atoms with Gasteiger partial charge in [0.15, 0.2) is 0 Å². The molecular formula is C16H25N3O2. The molecule has 1 aromatic rings. The molecule has 2 rings (SSSR count). The number of nitro groups is 1. The summed E-state index contributed by atoms with van der Waals surface area (Å²) in [4.78, 5) is 13.3. The molecule has 1 N–H and O–H groups in total. The van der Waals surface area contributed by atoms with E-state index in [0.717, 1.165) is 24.6 Å². The predicted octanol–water partition coefficient (Wildman–Crippen LogP) is 3.65. The molecule has 1 saturated carbocycles. The van der Waals surface area contributed by atoms with Gasteiger partial charge < -0.3 is 5.32 Å². The van der Waals surface area contributed by atoms with E-state index in [4.69, 9.17) is 0 Å². The Bertz CT molecular complexity index is 498. The minimum absolute atomic E-state index is 0.171. The largest absolute Gasteiger partial charge is 0.380 e. The second-order valence-electron chi connectivity index (χ2n) is 6.07. The lowest BCUT2D eigenvalue weighted by atomic mass is 10.1. The molecule has 1 aliphatic carbocycles. The highest BCUT2D eigenvalue weighted by molar-refractivity contribution is 5.66. The average molecular weight is 291 g/mol. The number of para-hydroxylation sites is 1. The third-order valence-corrected chi connectivity index (χ3v) is 3.97. The van der Waals surface area contributed by atoms with Crippen LogP contribution in [-0.4, -0.2) is 29.0 Å². The standard InChI is InChI=1S/C16H25N3O2/c1-4-17-16-14(6-5-7-15(16)19(20)21)11-18(12(2)3)10-13-8-9-13/h5-7,12-13,17H,4,8-11H2,1-3H3. The van der Waals surface area contributed by atoms with Crippen molar-refractivity contribution in [1.82, 2.24) is 4.90 Å². The Morgan fingerprint density at radius 2 is 2.14 bits per heavy atom. The number of anilines is 1. The Morgan fingerprint density at radius 3 is 2.67 bits per heavy atom. The van der Waals surface area contributed by atoms with E-state index in [0.29, 0.717) is 18.3 Å². The first-order valence-electron chi connectivity index (χ1n) is 7.77. The molecule has 0 amide bonds. The van der Waals surface area contributed by atoms with Gasteiger partial charge in [-0.25, -0.2) is 0 Å². The van der Waals surface area contributed by atoms with E-state index in [1.807, 2.05) is 13.0 Å². The molecule has 5 nitrogen and oxygen atoms in total. The molecule has 0 saturated heterocycles. The van der Waals surface area contributed by atoms with Crippen LogP contribution in [0.25, 0.3) is 0 Å². The molecular weight excluding hydrogens is 266 g/mol. The molecule has 0 atom stereocenters. The second kappa shape index (κ2) is 6.89. The first-order chi connectivity index (χ1) is 10.0. The van der Waals surface area contributed by atoms with E-state index >= 15 is 0 Å². The molecule has 21 heavy (non-hydrogen) atoms. The zero-order valence-corrected chi connectivity index (χ0v) is 13.1. The lowest BCUT2D eigenvalue weighted by molar-refractivity contribution is -0.384. The van der Waals surface area contributed by atoms with E-state index in [9.17, 15) is 10.1 Å². The van der Waals surface area contributed by atoms with Crippen molar-refractivity contribution in [2.45, 2.75) is 46.2 Å². The van der Waals surface area contributed by atoms with Crippen molar-refractivity contribution >= 4 is 11.4 Å². The lowest BCUT2D eigenvalue weighted by Gasteiger charge is -2.27. The Kier molecular flexibility index (Phi) is 5.17. The molecule has 1 aliphatic rings. The third kappa shape index (κ3) is 4.17. The Morgan fingerprint density at radius 1 is 1.43 bits per heavy atom. The second-order valence-corrected chi connectivity index (χ2v) is 6.07. The van der Waals surface area contributed by atoms with Crippen molar-refractivity contribution in [3.8, 4) is 0 Å². The van der Waals surface area contributed by atoms with Crippen LogP contribution in [0.3, 0.4) is 0 Å². The van der Waals surface area contributed by atoms with Gasteiger partial charge in [-0.3, -0.25) is 15.0 Å². The number of nitrogens with one attached hydrogen (secondary N) is 1. The Labute approximate surface area is 126 Å². The Balaban J connectivity index is 2.23. The summed E-state index contributed by atoms with van der Waals surface area (Å²) in [5, 5.41) is 14.4. The summed E-state index contributed by atoms with van der Waals surface area (Å²) in [6.07, 6.45) is 2.64. The zero-order chi connectivity index (χ0) is 15.4. The minimum atomic E-state index is -0.303. The summed E-state index contributed by atoms with van der Waals surface area (Å²) in [6, 6.07) is 5.79. The van der Waals surface area contributed by atoms with E-state index in [1.165, 1.54) is 12.8 Å². The van der Waals surface area contributed by atoms with Crippen LogP contribution in [0.15, 0.2) is 18.2 Å². The van der Waals surface area contributed by atoms with Crippen molar-refractivity contribution < 1.29 is 4.92 Å². The first kappa shape index (κ1) is 15.8. The zero-order valence-electron chi connectivity index (χ0n) is 13.1. The maximum absolute atomic E-state index is 11.2. The van der Waals surface area contributed by atoms with Crippen LogP contribution >= 0.6 is 0 Å². The summed E-state index contributed by atoms with van der Waals surface area (Å²) in [6.45, 7) is 8.87. The summed E-state index contributed by atoms with van der Waals surface area (Å²) in [7, 11) is 0. The third-order valence-electron chi connectivity index (χ3n) is 3.97. The van der Waals surface area contributed by atoms with Gasteiger partial charge in [-0.05, 0) is 45.1 Å². The van der Waals surface area contributed by atoms with Crippen LogP contribution in [0, 0.1) is 16.0 Å². The van der Waals surface area contributed by atoms with E-state index in [2.05, 4.69) is 24.1 Å². The number of nitro benzene ring substituents is 1. The number of nitrogens with zero attached hydrogens (tertiary/aromatic N) is 2. The maximum Gasteiger partial charge on any atom is 0.292 e. The molecule has 1 aromatic carbocycles. The highest BCUT2D eigenvalue weighted by atomic mass is 16.6. The highest BCUT2D eigenvalue weighted by Crippen LogP contribution is 2.33. The summed E-state index contributed by atoms with van der Waals surface area (Å²) in [5.74, 6) is 0.814. The number of hydrogen-bond acceptors (Lipinski definition) is 4. The monoisotopic (exact) mass is 291 g/mol. The molecule has 0 aromatic heterocycles.